The number of nitrogens with zero attached hydrogens (tertiary/aromatic N) is 7. The van der Waals surface area contributed by atoms with Crippen LogP contribution in [0.2, 0.25) is 0 Å². The predicted octanol–water partition coefficient (Wildman–Crippen LogP) is 5.83. The molecule has 0 radical (unpaired) electrons. The smallest absolute Gasteiger partial charge is 0.476 e. The van der Waals surface area contributed by atoms with E-state index in [0.29, 0.717) is 24.7 Å². The summed E-state index contributed by atoms with van der Waals surface area (Å²) >= 11 is 2.21. The van der Waals surface area contributed by atoms with Crippen LogP contribution in [-0.2, 0) is 34.6 Å². The van der Waals surface area contributed by atoms with E-state index in [2.05, 4.69) is 51.0 Å². The van der Waals surface area contributed by atoms with Crippen LogP contribution < -0.4 is 4.74 Å². The van der Waals surface area contributed by atoms with Crippen molar-refractivity contribution in [3.05, 3.63) is 51.0 Å². The second-order valence-corrected chi connectivity index (χ2v) is 14.6. The molecule has 2 aliphatic heterocycles. The van der Waals surface area contributed by atoms with Crippen molar-refractivity contribution < 1.29 is 23.6 Å². The number of carbonyl (C=O) groups excluding carboxylic acids is 1. The fraction of sp³-hybridized carbons (Fsp3) is 0.529. The summed E-state index contributed by atoms with van der Waals surface area (Å²) in [4.78, 5) is 15.0. The summed E-state index contributed by atoms with van der Waals surface area (Å²) in [6, 6.07) is 6.28. The highest BCUT2D eigenvalue weighted by molar-refractivity contribution is 14.1. The molecule has 0 saturated carbocycles. The van der Waals surface area contributed by atoms with Crippen molar-refractivity contribution >= 4 is 52.6 Å². The molecule has 3 aromatic heterocycles. The molecular weight excluding hydrogens is 724 g/mol. The van der Waals surface area contributed by atoms with Gasteiger partial charge in [0.05, 0.1) is 50.0 Å². The fourth-order valence-electron chi connectivity index (χ4n) is 6.10. The van der Waals surface area contributed by atoms with Crippen LogP contribution in [0.4, 0.5) is 0 Å². The average molecular weight is 769 g/mol. The van der Waals surface area contributed by atoms with Gasteiger partial charge < -0.3 is 23.7 Å². The molecule has 1 atom stereocenters. The molecule has 4 aromatic rings. The third kappa shape index (κ3) is 6.55. The van der Waals surface area contributed by atoms with E-state index < -0.39 is 18.3 Å². The SMILES string of the molecule is CCc1nn(C)c(C(=O)N(C)CCOc2c(-c3ccc4c(c3)c(/C=C/B3OC(C)(C)C(C)(C)O3)nn4C3CCCCO3)cnn2C)c1I. The summed E-state index contributed by atoms with van der Waals surface area (Å²) in [6.07, 6.45) is 7.51. The molecular formula is C34H45BIN7O5. The van der Waals surface area contributed by atoms with Crippen LogP contribution in [0.25, 0.3) is 28.1 Å². The summed E-state index contributed by atoms with van der Waals surface area (Å²) in [7, 11) is 4.96. The van der Waals surface area contributed by atoms with Crippen LogP contribution in [-0.4, -0.2) is 85.3 Å². The number of hydrogen-bond donors (Lipinski definition) is 0. The maximum atomic E-state index is 13.3. The van der Waals surface area contributed by atoms with Crippen LogP contribution in [0.5, 0.6) is 5.88 Å². The van der Waals surface area contributed by atoms with Gasteiger partial charge in [0.2, 0.25) is 5.88 Å². The Morgan fingerprint density at radius 3 is 2.56 bits per heavy atom. The number of ether oxygens (including phenoxy) is 2. The Hall–Kier alpha value is -3.21. The lowest BCUT2D eigenvalue weighted by atomic mass is 9.89. The zero-order valence-electron chi connectivity index (χ0n) is 29.1. The number of benzene rings is 1. The predicted molar refractivity (Wildman–Crippen MR) is 194 cm³/mol. The largest absolute Gasteiger partial charge is 0.487 e. The Kier molecular flexibility index (Phi) is 9.82. The minimum Gasteiger partial charge on any atom is -0.476 e. The van der Waals surface area contributed by atoms with E-state index in [9.17, 15) is 4.79 Å². The summed E-state index contributed by atoms with van der Waals surface area (Å²) in [5.41, 5.74) is 4.24. The van der Waals surface area contributed by atoms with Gasteiger partial charge in [0.1, 0.15) is 12.3 Å². The fourth-order valence-corrected chi connectivity index (χ4v) is 7.17. The minimum atomic E-state index is -0.484. The zero-order chi connectivity index (χ0) is 34.4. The van der Waals surface area contributed by atoms with Crippen LogP contribution in [0.15, 0.2) is 30.4 Å². The maximum absolute atomic E-state index is 13.3. The summed E-state index contributed by atoms with van der Waals surface area (Å²) in [5, 5.41) is 15.0. The highest BCUT2D eigenvalue weighted by Gasteiger charge is 2.50. The summed E-state index contributed by atoms with van der Waals surface area (Å²) in [5.74, 6) is 2.47. The van der Waals surface area contributed by atoms with Crippen LogP contribution in [0.1, 0.15) is 82.0 Å². The molecule has 6 rings (SSSR count). The summed E-state index contributed by atoms with van der Waals surface area (Å²) < 4.78 is 31.2. The van der Waals surface area contributed by atoms with E-state index >= 15 is 0 Å². The Labute approximate surface area is 296 Å². The molecule has 1 amide bonds. The standard InChI is InChI=1S/C34H45BIN7O5/c1-9-25-29(36)30(41(7)38-25)31(44)40(6)17-19-46-32-24(21-37-42(32)8)22-13-14-27-23(20-22)26(39-43(27)28-12-10-11-18-45-28)15-16-35-47-33(2,3)34(4,5)48-35/h13-16,20-21,28H,9-12,17-19H2,1-8H3/b16-15+. The van der Waals surface area contributed by atoms with Gasteiger partial charge in [-0.25, -0.2) is 9.36 Å². The van der Waals surface area contributed by atoms with Crippen LogP contribution >= 0.6 is 22.6 Å². The normalized spacial score (nSPS) is 19.1. The first-order valence-electron chi connectivity index (χ1n) is 16.6. The lowest BCUT2D eigenvalue weighted by Gasteiger charge is -2.32. The lowest BCUT2D eigenvalue weighted by Crippen LogP contribution is -2.41. The third-order valence-corrected chi connectivity index (χ3v) is 10.8. The zero-order valence-corrected chi connectivity index (χ0v) is 31.3. The van der Waals surface area contributed by atoms with E-state index in [1.165, 1.54) is 0 Å². The average Bonchev–Trinajstić information content (AvgIpc) is 3.75. The van der Waals surface area contributed by atoms with Gasteiger partial charge >= 0.3 is 7.12 Å². The van der Waals surface area contributed by atoms with Gasteiger partial charge in [-0.2, -0.15) is 15.3 Å². The molecule has 2 saturated heterocycles. The third-order valence-electron chi connectivity index (χ3n) is 9.65. The molecule has 256 valence electrons. The molecule has 12 nitrogen and oxygen atoms in total. The van der Waals surface area contributed by atoms with Crippen molar-refractivity contribution in [1.29, 1.82) is 0 Å². The second-order valence-electron chi connectivity index (χ2n) is 13.5. The molecule has 48 heavy (non-hydrogen) atoms. The highest BCUT2D eigenvalue weighted by Crippen LogP contribution is 2.38. The highest BCUT2D eigenvalue weighted by atomic mass is 127. The molecule has 1 unspecified atom stereocenters. The molecule has 0 aliphatic carbocycles. The monoisotopic (exact) mass is 769 g/mol. The van der Waals surface area contributed by atoms with Crippen molar-refractivity contribution in [3.63, 3.8) is 0 Å². The molecule has 0 N–H and O–H groups in total. The van der Waals surface area contributed by atoms with E-state index in [1.54, 1.807) is 21.3 Å². The molecule has 1 aromatic carbocycles. The number of fused-ring (bicyclic) bond motifs is 1. The lowest BCUT2D eigenvalue weighted by molar-refractivity contribution is -0.0367. The Morgan fingerprint density at radius 2 is 1.90 bits per heavy atom. The van der Waals surface area contributed by atoms with Gasteiger partial charge in [0, 0.05) is 33.1 Å². The molecule has 0 spiro atoms. The van der Waals surface area contributed by atoms with Gasteiger partial charge in [0.25, 0.3) is 5.91 Å². The number of halogens is 1. The number of aromatic nitrogens is 6. The van der Waals surface area contributed by atoms with E-state index in [4.69, 9.17) is 23.9 Å². The topological polar surface area (TPSA) is 111 Å². The number of hydrogen-bond acceptors (Lipinski definition) is 8. The van der Waals surface area contributed by atoms with Gasteiger partial charge in [-0.1, -0.05) is 19.0 Å². The first-order valence-corrected chi connectivity index (χ1v) is 17.7. The molecule has 14 heteroatoms. The minimum absolute atomic E-state index is 0.0894. The first-order chi connectivity index (χ1) is 22.8. The first kappa shape index (κ1) is 34.7. The second kappa shape index (κ2) is 13.6. The van der Waals surface area contributed by atoms with Gasteiger partial charge in [-0.05, 0) is 99.7 Å². The molecule has 0 bridgehead atoms. The number of likely N-dealkylation sites (N-methyl/N-ethyl adjacent to an activating group) is 1. The van der Waals surface area contributed by atoms with E-state index in [-0.39, 0.29) is 12.1 Å². The van der Waals surface area contributed by atoms with Gasteiger partial charge in [0.15, 0.2) is 6.23 Å². The maximum Gasteiger partial charge on any atom is 0.487 e. The van der Waals surface area contributed by atoms with Gasteiger partial charge in [-0.15, -0.1) is 0 Å². The van der Waals surface area contributed by atoms with Crippen molar-refractivity contribution in [3.8, 4) is 17.0 Å². The number of rotatable bonds is 10. The number of amides is 1. The number of aryl methyl sites for hydroxylation is 3. The number of carbonyl (C=O) groups is 1. The van der Waals surface area contributed by atoms with Crippen LogP contribution in [0, 0.1) is 3.57 Å². The van der Waals surface area contributed by atoms with Crippen LogP contribution in [0.3, 0.4) is 0 Å². The van der Waals surface area contributed by atoms with Gasteiger partial charge in [-0.3, -0.25) is 9.48 Å². The van der Waals surface area contributed by atoms with Crippen molar-refractivity contribution in [2.45, 2.75) is 77.7 Å². The van der Waals surface area contributed by atoms with E-state index in [0.717, 1.165) is 69.3 Å². The Bertz CT molecular complexity index is 1820. The summed E-state index contributed by atoms with van der Waals surface area (Å²) in [6.45, 7) is 11.6. The van der Waals surface area contributed by atoms with Crippen molar-refractivity contribution in [2.24, 2.45) is 14.1 Å². The van der Waals surface area contributed by atoms with E-state index in [1.807, 2.05) is 71.6 Å². The Balaban J connectivity index is 1.25. The molecule has 2 fully saturated rings. The molecule has 5 heterocycles. The molecule has 2 aliphatic rings. The van der Waals surface area contributed by atoms with Crippen molar-refractivity contribution in [1.82, 2.24) is 34.2 Å². The van der Waals surface area contributed by atoms with Crippen molar-refractivity contribution in [2.75, 3.05) is 26.8 Å². The Morgan fingerprint density at radius 1 is 1.15 bits per heavy atom. The quantitative estimate of drug-likeness (QED) is 0.147.